The number of nitrogens with zero attached hydrogens (tertiary/aromatic N) is 1. The molecular weight excluding hydrogens is 272 g/mol. The summed E-state index contributed by atoms with van der Waals surface area (Å²) < 4.78 is 10.2. The molecule has 0 bridgehead atoms. The molecule has 0 aromatic carbocycles. The van der Waals surface area contributed by atoms with Gasteiger partial charge in [0.25, 0.3) is 0 Å². The average Bonchev–Trinajstić information content (AvgIpc) is 3.12. The molecule has 0 radical (unpaired) electrons. The molecule has 1 saturated heterocycles. The van der Waals surface area contributed by atoms with Gasteiger partial charge in [-0.2, -0.15) is 0 Å². The Bertz CT molecular complexity index is 504. The molecule has 0 spiro atoms. The highest BCUT2D eigenvalue weighted by molar-refractivity contribution is 5.90. The smallest absolute Gasteiger partial charge is 0.341 e. The van der Waals surface area contributed by atoms with Crippen molar-refractivity contribution in [2.24, 2.45) is 0 Å². The van der Waals surface area contributed by atoms with E-state index in [-0.39, 0.29) is 5.91 Å². The minimum absolute atomic E-state index is 0.200. The molecule has 0 aliphatic carbocycles. The van der Waals surface area contributed by atoms with Crippen LogP contribution in [0.4, 0.5) is 0 Å². The molecule has 1 amide bonds. The van der Waals surface area contributed by atoms with E-state index in [1.165, 1.54) is 7.11 Å². The van der Waals surface area contributed by atoms with Crippen LogP contribution < -0.4 is 5.32 Å². The Hall–Kier alpha value is -1.82. The lowest BCUT2D eigenvalue weighted by atomic mass is 10.2. The van der Waals surface area contributed by atoms with Crippen molar-refractivity contribution in [3.8, 4) is 0 Å². The van der Waals surface area contributed by atoms with Crippen molar-refractivity contribution in [1.29, 1.82) is 0 Å². The molecule has 116 valence electrons. The predicted octanol–water partition coefficient (Wildman–Crippen LogP) is 1.48. The van der Waals surface area contributed by atoms with Crippen molar-refractivity contribution < 1.29 is 18.7 Å². The molecule has 1 aromatic heterocycles. The number of carbonyl (C=O) groups excluding carboxylic acids is 2. The summed E-state index contributed by atoms with van der Waals surface area (Å²) in [6, 6.07) is 1.68. The van der Waals surface area contributed by atoms with Gasteiger partial charge in [0, 0.05) is 26.1 Å². The second-order valence-electron chi connectivity index (χ2n) is 5.19. The number of likely N-dealkylation sites (tertiary alicyclic amines) is 1. The van der Waals surface area contributed by atoms with Gasteiger partial charge in [0.05, 0.1) is 13.7 Å². The first-order chi connectivity index (χ1) is 10.1. The number of rotatable bonds is 6. The second kappa shape index (κ2) is 7.26. The highest BCUT2D eigenvalue weighted by Crippen LogP contribution is 2.15. The third-order valence-corrected chi connectivity index (χ3v) is 3.65. The van der Waals surface area contributed by atoms with Crippen molar-refractivity contribution in [3.05, 3.63) is 23.2 Å². The number of esters is 1. The molecule has 21 heavy (non-hydrogen) atoms. The summed E-state index contributed by atoms with van der Waals surface area (Å²) in [7, 11) is 1.34. The van der Waals surface area contributed by atoms with Crippen molar-refractivity contribution in [1.82, 2.24) is 10.2 Å². The van der Waals surface area contributed by atoms with Crippen LogP contribution in [0, 0.1) is 6.92 Å². The first kappa shape index (κ1) is 15.6. The molecule has 0 unspecified atom stereocenters. The molecule has 6 heteroatoms. The number of hydrogen-bond acceptors (Lipinski definition) is 5. The van der Waals surface area contributed by atoms with E-state index in [0.717, 1.165) is 25.9 Å². The summed E-state index contributed by atoms with van der Waals surface area (Å²) in [5.41, 5.74) is 0.447. The van der Waals surface area contributed by atoms with Crippen LogP contribution in [-0.4, -0.2) is 43.5 Å². The summed E-state index contributed by atoms with van der Waals surface area (Å²) in [5, 5.41) is 3.16. The Morgan fingerprint density at radius 1 is 1.38 bits per heavy atom. The standard InChI is InChI=1S/C15H22N2O4/c1-11-13(15(19)20-2)9-12(21-11)10-16-6-5-14(18)17-7-3-4-8-17/h9,16H,3-8,10H2,1-2H3. The molecule has 0 saturated carbocycles. The van der Waals surface area contributed by atoms with Gasteiger partial charge in [-0.3, -0.25) is 4.79 Å². The van der Waals surface area contributed by atoms with Gasteiger partial charge in [0.15, 0.2) is 0 Å². The van der Waals surface area contributed by atoms with Gasteiger partial charge in [0.1, 0.15) is 17.1 Å². The van der Waals surface area contributed by atoms with Gasteiger partial charge < -0.3 is 19.4 Å². The maximum atomic E-state index is 11.8. The molecule has 2 rings (SSSR count). The van der Waals surface area contributed by atoms with E-state index in [9.17, 15) is 9.59 Å². The molecule has 6 nitrogen and oxygen atoms in total. The van der Waals surface area contributed by atoms with Gasteiger partial charge >= 0.3 is 5.97 Å². The highest BCUT2D eigenvalue weighted by Gasteiger charge is 2.17. The number of aryl methyl sites for hydroxylation is 1. The molecule has 2 heterocycles. The summed E-state index contributed by atoms with van der Waals surface area (Å²) in [6.45, 7) is 4.60. The SMILES string of the molecule is COC(=O)c1cc(CNCCC(=O)N2CCCC2)oc1C. The third-order valence-electron chi connectivity index (χ3n) is 3.65. The largest absolute Gasteiger partial charge is 0.465 e. The van der Waals surface area contributed by atoms with Crippen LogP contribution in [0.15, 0.2) is 10.5 Å². The lowest BCUT2D eigenvalue weighted by Gasteiger charge is -2.14. The number of furan rings is 1. The molecule has 1 aliphatic heterocycles. The highest BCUT2D eigenvalue weighted by atomic mass is 16.5. The Balaban J connectivity index is 1.73. The summed E-state index contributed by atoms with van der Waals surface area (Å²) in [6.07, 6.45) is 2.71. The minimum Gasteiger partial charge on any atom is -0.465 e. The van der Waals surface area contributed by atoms with Gasteiger partial charge in [-0.1, -0.05) is 0 Å². The fourth-order valence-corrected chi connectivity index (χ4v) is 2.47. The molecular formula is C15H22N2O4. The van der Waals surface area contributed by atoms with Crippen LogP contribution in [0.5, 0.6) is 0 Å². The van der Waals surface area contributed by atoms with Gasteiger partial charge in [-0.15, -0.1) is 0 Å². The lowest BCUT2D eigenvalue weighted by Crippen LogP contribution is -2.30. The number of carbonyl (C=O) groups is 2. The number of methoxy groups -OCH3 is 1. The van der Waals surface area contributed by atoms with Crippen LogP contribution >= 0.6 is 0 Å². The van der Waals surface area contributed by atoms with E-state index < -0.39 is 5.97 Å². The maximum Gasteiger partial charge on any atom is 0.341 e. The van der Waals surface area contributed by atoms with Crippen molar-refractivity contribution >= 4 is 11.9 Å². The van der Waals surface area contributed by atoms with Gasteiger partial charge in [0.2, 0.25) is 5.91 Å². The first-order valence-corrected chi connectivity index (χ1v) is 7.28. The monoisotopic (exact) mass is 294 g/mol. The van der Waals surface area contributed by atoms with E-state index >= 15 is 0 Å². The van der Waals surface area contributed by atoms with E-state index in [4.69, 9.17) is 4.42 Å². The molecule has 0 atom stereocenters. The normalized spacial score (nSPS) is 14.5. The minimum atomic E-state index is -0.397. The fraction of sp³-hybridized carbons (Fsp3) is 0.600. The lowest BCUT2D eigenvalue weighted by molar-refractivity contribution is -0.130. The average molecular weight is 294 g/mol. The van der Waals surface area contributed by atoms with Crippen molar-refractivity contribution in [2.75, 3.05) is 26.7 Å². The van der Waals surface area contributed by atoms with Crippen molar-refractivity contribution in [3.63, 3.8) is 0 Å². The van der Waals surface area contributed by atoms with Crippen LogP contribution in [-0.2, 0) is 16.1 Å². The third kappa shape index (κ3) is 4.07. The molecule has 1 aliphatic rings. The van der Waals surface area contributed by atoms with Gasteiger partial charge in [-0.25, -0.2) is 4.79 Å². The molecule has 1 N–H and O–H groups in total. The zero-order valence-electron chi connectivity index (χ0n) is 12.6. The summed E-state index contributed by atoms with van der Waals surface area (Å²) in [4.78, 5) is 25.2. The predicted molar refractivity (Wildman–Crippen MR) is 76.9 cm³/mol. The fourth-order valence-electron chi connectivity index (χ4n) is 2.47. The van der Waals surface area contributed by atoms with Crippen LogP contribution in [0.25, 0.3) is 0 Å². The topological polar surface area (TPSA) is 71.8 Å². The Labute approximate surface area is 124 Å². The molecule has 1 fully saturated rings. The van der Waals surface area contributed by atoms with E-state index in [1.807, 2.05) is 4.90 Å². The number of ether oxygens (including phenoxy) is 1. The number of nitrogens with one attached hydrogen (secondary N) is 1. The Morgan fingerprint density at radius 3 is 2.76 bits per heavy atom. The van der Waals surface area contributed by atoms with E-state index in [2.05, 4.69) is 10.1 Å². The summed E-state index contributed by atoms with van der Waals surface area (Å²) >= 11 is 0. The second-order valence-corrected chi connectivity index (χ2v) is 5.19. The number of amides is 1. The number of hydrogen-bond donors (Lipinski definition) is 1. The van der Waals surface area contributed by atoms with E-state index in [1.54, 1.807) is 13.0 Å². The molecule has 1 aromatic rings. The quantitative estimate of drug-likeness (QED) is 0.635. The van der Waals surface area contributed by atoms with Gasteiger partial charge in [-0.05, 0) is 25.8 Å². The van der Waals surface area contributed by atoms with Crippen LogP contribution in [0.2, 0.25) is 0 Å². The maximum absolute atomic E-state index is 11.8. The zero-order chi connectivity index (χ0) is 15.2. The zero-order valence-corrected chi connectivity index (χ0v) is 12.6. The summed E-state index contributed by atoms with van der Waals surface area (Å²) in [5.74, 6) is 1.02. The Kier molecular flexibility index (Phi) is 5.38. The Morgan fingerprint density at radius 2 is 2.10 bits per heavy atom. The van der Waals surface area contributed by atoms with Crippen molar-refractivity contribution in [2.45, 2.75) is 32.7 Å². The van der Waals surface area contributed by atoms with Crippen LogP contribution in [0.1, 0.15) is 41.1 Å². The van der Waals surface area contributed by atoms with E-state index in [0.29, 0.717) is 36.6 Å². The first-order valence-electron chi connectivity index (χ1n) is 7.28. The van der Waals surface area contributed by atoms with Crippen LogP contribution in [0.3, 0.4) is 0 Å².